The Morgan fingerprint density at radius 1 is 1.30 bits per heavy atom. The summed E-state index contributed by atoms with van der Waals surface area (Å²) in [5.74, 6) is -0.151. The molecule has 2 aromatic heterocycles. The second-order valence-corrected chi connectivity index (χ2v) is 7.75. The molecule has 2 fully saturated rings. The van der Waals surface area contributed by atoms with Crippen molar-refractivity contribution in [2.75, 3.05) is 45.9 Å². The van der Waals surface area contributed by atoms with E-state index >= 15 is 0 Å². The lowest BCUT2D eigenvalue weighted by Gasteiger charge is -2.34. The van der Waals surface area contributed by atoms with Crippen LogP contribution < -0.4 is 0 Å². The molecule has 0 aromatic carbocycles. The quantitative estimate of drug-likeness (QED) is 0.861. The Morgan fingerprint density at radius 3 is 2.85 bits per heavy atom. The number of rotatable bonds is 3. The lowest BCUT2D eigenvalue weighted by molar-refractivity contribution is -0.0524. The molecule has 1 N–H and O–H groups in total. The van der Waals surface area contributed by atoms with Crippen LogP contribution in [0, 0.1) is 13.8 Å². The molecule has 0 saturated carbocycles. The molecule has 8 heteroatoms. The minimum absolute atomic E-state index is 0.151. The van der Waals surface area contributed by atoms with Gasteiger partial charge in [0.2, 0.25) is 0 Å². The second-order valence-electron chi connectivity index (χ2n) is 7.75. The number of β-amino-alcohol motifs (C(OH)–C–C–N with tert-alkyl or cyclic N) is 1. The maximum absolute atomic E-state index is 13.3. The number of hydrogen-bond donors (Lipinski definition) is 1. The van der Waals surface area contributed by atoms with Gasteiger partial charge in [0.05, 0.1) is 36.4 Å². The third kappa shape index (κ3) is 3.69. The predicted octanol–water partition coefficient (Wildman–Crippen LogP) is 1.14. The van der Waals surface area contributed by atoms with E-state index in [0.717, 1.165) is 25.9 Å². The summed E-state index contributed by atoms with van der Waals surface area (Å²) in [5, 5.41) is 15.7. The highest BCUT2D eigenvalue weighted by Gasteiger charge is 2.37. The molecule has 0 aliphatic carbocycles. The van der Waals surface area contributed by atoms with Gasteiger partial charge in [-0.25, -0.2) is 4.98 Å². The number of pyridine rings is 1. The summed E-state index contributed by atoms with van der Waals surface area (Å²) < 4.78 is 10.9. The normalized spacial score (nSPS) is 24.5. The van der Waals surface area contributed by atoms with Gasteiger partial charge in [-0.3, -0.25) is 4.79 Å². The molecule has 2 saturated heterocycles. The van der Waals surface area contributed by atoms with Crippen LogP contribution in [0.5, 0.6) is 0 Å². The van der Waals surface area contributed by atoms with Gasteiger partial charge in [-0.1, -0.05) is 5.16 Å². The molecule has 2 aromatic rings. The van der Waals surface area contributed by atoms with Crippen LogP contribution in [0.3, 0.4) is 0 Å². The number of carbonyl (C=O) groups is 1. The molecule has 4 rings (SSSR count). The van der Waals surface area contributed by atoms with Gasteiger partial charge in [0, 0.05) is 18.8 Å². The van der Waals surface area contributed by atoms with Crippen LogP contribution in [-0.4, -0.2) is 82.5 Å². The van der Waals surface area contributed by atoms with E-state index in [1.807, 2.05) is 6.92 Å². The molecule has 146 valence electrons. The maximum atomic E-state index is 13.3. The van der Waals surface area contributed by atoms with Crippen LogP contribution >= 0.6 is 0 Å². The number of carbonyl (C=O) groups excluding carboxylic acids is 1. The Morgan fingerprint density at radius 2 is 2.07 bits per heavy atom. The minimum Gasteiger partial charge on any atom is -0.384 e. The molecule has 0 spiro atoms. The molecular formula is C19H26N4O4. The van der Waals surface area contributed by atoms with Crippen molar-refractivity contribution < 1.29 is 19.2 Å². The first kappa shape index (κ1) is 18.3. The van der Waals surface area contributed by atoms with Gasteiger partial charge in [-0.15, -0.1) is 0 Å². The Balaban J connectivity index is 1.61. The highest BCUT2D eigenvalue weighted by Crippen LogP contribution is 2.25. The number of amides is 1. The molecule has 4 heterocycles. The summed E-state index contributed by atoms with van der Waals surface area (Å²) >= 11 is 0. The van der Waals surface area contributed by atoms with Gasteiger partial charge >= 0.3 is 0 Å². The molecule has 1 atom stereocenters. The van der Waals surface area contributed by atoms with Crippen molar-refractivity contribution in [3.63, 3.8) is 0 Å². The Kier molecular flexibility index (Phi) is 4.88. The molecule has 8 nitrogen and oxygen atoms in total. The summed E-state index contributed by atoms with van der Waals surface area (Å²) in [6.07, 6.45) is 2.31. The fraction of sp³-hybridized carbons (Fsp3) is 0.632. The zero-order chi connectivity index (χ0) is 19.0. The molecule has 1 amide bonds. The number of aromatic nitrogens is 2. The monoisotopic (exact) mass is 374 g/mol. The predicted molar refractivity (Wildman–Crippen MR) is 98.6 cm³/mol. The van der Waals surface area contributed by atoms with E-state index in [-0.39, 0.29) is 19.1 Å². The van der Waals surface area contributed by atoms with Gasteiger partial charge in [0.25, 0.3) is 11.6 Å². The number of ether oxygens (including phenoxy) is 1. The van der Waals surface area contributed by atoms with E-state index in [4.69, 9.17) is 9.26 Å². The molecular weight excluding hydrogens is 348 g/mol. The minimum atomic E-state index is -1.07. The smallest absolute Gasteiger partial charge is 0.258 e. The van der Waals surface area contributed by atoms with Crippen molar-refractivity contribution in [2.24, 2.45) is 0 Å². The molecule has 0 bridgehead atoms. The number of aryl methyl sites for hydroxylation is 2. The largest absolute Gasteiger partial charge is 0.384 e. The van der Waals surface area contributed by atoms with Crippen molar-refractivity contribution in [3.05, 3.63) is 23.0 Å². The zero-order valence-corrected chi connectivity index (χ0v) is 15.9. The highest BCUT2D eigenvalue weighted by molar-refractivity contribution is 6.06. The van der Waals surface area contributed by atoms with Gasteiger partial charge < -0.3 is 24.2 Å². The molecule has 27 heavy (non-hydrogen) atoms. The SMILES string of the molecule is Cc1cc(C(=O)N2CCOCC(O)(CN3CCCC3)C2)c2c(C)noc2n1. The van der Waals surface area contributed by atoms with E-state index in [1.165, 1.54) is 0 Å². The van der Waals surface area contributed by atoms with Crippen LogP contribution in [0.2, 0.25) is 0 Å². The van der Waals surface area contributed by atoms with Gasteiger partial charge in [0.1, 0.15) is 5.60 Å². The lowest BCUT2D eigenvalue weighted by atomic mass is 10.0. The van der Waals surface area contributed by atoms with Gasteiger partial charge in [0.15, 0.2) is 0 Å². The highest BCUT2D eigenvalue weighted by atomic mass is 16.5. The van der Waals surface area contributed by atoms with Crippen molar-refractivity contribution in [1.29, 1.82) is 0 Å². The van der Waals surface area contributed by atoms with Crippen LogP contribution in [0.4, 0.5) is 0 Å². The van der Waals surface area contributed by atoms with Crippen molar-refractivity contribution in [1.82, 2.24) is 19.9 Å². The first-order valence-corrected chi connectivity index (χ1v) is 9.51. The summed E-state index contributed by atoms with van der Waals surface area (Å²) in [5.41, 5.74) is 1.15. The average Bonchev–Trinajstić information content (AvgIpc) is 3.21. The molecule has 2 aliphatic heterocycles. The molecule has 1 unspecified atom stereocenters. The van der Waals surface area contributed by atoms with Crippen LogP contribution in [-0.2, 0) is 4.74 Å². The molecule has 0 radical (unpaired) electrons. The zero-order valence-electron chi connectivity index (χ0n) is 15.9. The van der Waals surface area contributed by atoms with E-state index in [1.54, 1.807) is 17.9 Å². The van der Waals surface area contributed by atoms with Crippen molar-refractivity contribution in [3.8, 4) is 0 Å². The Labute approximate surface area is 158 Å². The van der Waals surface area contributed by atoms with Crippen molar-refractivity contribution in [2.45, 2.75) is 32.3 Å². The number of fused-ring (bicyclic) bond motifs is 1. The van der Waals surface area contributed by atoms with Gasteiger partial charge in [-0.2, -0.15) is 0 Å². The van der Waals surface area contributed by atoms with Crippen LogP contribution in [0.1, 0.15) is 34.6 Å². The standard InChI is InChI=1S/C19H26N4O4/c1-13-9-15(16-14(2)21-27-17(16)20-13)18(24)23-7-8-26-12-19(25,11-23)10-22-5-3-4-6-22/h9,25H,3-8,10-12H2,1-2H3. The van der Waals surface area contributed by atoms with E-state index in [0.29, 0.717) is 47.7 Å². The third-order valence-corrected chi connectivity index (χ3v) is 5.34. The number of nitrogens with zero attached hydrogens (tertiary/aromatic N) is 4. The lowest BCUT2D eigenvalue weighted by Crippen LogP contribution is -2.53. The number of likely N-dealkylation sites (tertiary alicyclic amines) is 1. The fourth-order valence-electron chi connectivity index (χ4n) is 4.10. The first-order chi connectivity index (χ1) is 13.0. The van der Waals surface area contributed by atoms with E-state index in [9.17, 15) is 9.90 Å². The summed E-state index contributed by atoms with van der Waals surface area (Å²) in [4.78, 5) is 21.6. The van der Waals surface area contributed by atoms with Crippen LogP contribution in [0.15, 0.2) is 10.6 Å². The summed E-state index contributed by atoms with van der Waals surface area (Å²) in [6.45, 7) is 7.45. The number of aliphatic hydroxyl groups is 1. The number of hydrogen-bond acceptors (Lipinski definition) is 7. The third-order valence-electron chi connectivity index (χ3n) is 5.34. The maximum Gasteiger partial charge on any atom is 0.258 e. The second kappa shape index (κ2) is 7.18. The summed E-state index contributed by atoms with van der Waals surface area (Å²) in [6, 6.07) is 1.76. The van der Waals surface area contributed by atoms with Crippen LogP contribution in [0.25, 0.3) is 11.1 Å². The Bertz CT molecular complexity index is 846. The fourth-order valence-corrected chi connectivity index (χ4v) is 4.10. The summed E-state index contributed by atoms with van der Waals surface area (Å²) in [7, 11) is 0. The van der Waals surface area contributed by atoms with Crippen molar-refractivity contribution >= 4 is 17.0 Å². The van der Waals surface area contributed by atoms with E-state index in [2.05, 4.69) is 15.0 Å². The van der Waals surface area contributed by atoms with E-state index < -0.39 is 5.60 Å². The first-order valence-electron chi connectivity index (χ1n) is 9.51. The Hall–Kier alpha value is -2.03. The molecule has 2 aliphatic rings. The van der Waals surface area contributed by atoms with Gasteiger partial charge in [-0.05, 0) is 45.8 Å². The topological polar surface area (TPSA) is 91.9 Å². The average molecular weight is 374 g/mol.